The molecule has 3 saturated heterocycles. The van der Waals surface area contributed by atoms with Crippen LogP contribution in [0.3, 0.4) is 0 Å². The van der Waals surface area contributed by atoms with E-state index in [1.807, 2.05) is 24.3 Å². The van der Waals surface area contributed by atoms with E-state index in [9.17, 15) is 5.11 Å². The van der Waals surface area contributed by atoms with Gasteiger partial charge in [0, 0.05) is 42.7 Å². The Balaban J connectivity index is 1.36. The molecular weight excluding hydrogens is 517 g/mol. The maximum atomic E-state index is 16.6. The number of likely N-dealkylation sites (tertiary alicyclic amines) is 1. The average Bonchev–Trinajstić information content (AvgIpc) is 3.57. The number of rotatable bonds is 6. The monoisotopic (exact) mass is 547 g/mol. The molecule has 0 saturated carbocycles. The fraction of sp³-hybridized carbons (Fsp3) is 0.400. The van der Waals surface area contributed by atoms with Gasteiger partial charge in [-0.25, -0.2) is 4.39 Å². The zero-order valence-corrected chi connectivity index (χ0v) is 22.4. The van der Waals surface area contributed by atoms with Crippen molar-refractivity contribution >= 4 is 39.1 Å². The zero-order valence-electron chi connectivity index (χ0n) is 21.7. The lowest BCUT2D eigenvalue weighted by Crippen LogP contribution is -2.51. The molecule has 202 valence electrons. The Hall–Kier alpha value is -3.20. The number of aromatic hydroxyl groups is 1. The third-order valence-corrected chi connectivity index (χ3v) is 8.61. The van der Waals surface area contributed by atoms with Crippen LogP contribution in [0, 0.1) is 5.82 Å². The molecule has 4 heterocycles. The number of hydrogen-bond donors (Lipinski definition) is 2. The van der Waals surface area contributed by atoms with Crippen LogP contribution in [0.4, 0.5) is 10.2 Å². The van der Waals surface area contributed by atoms with E-state index in [1.54, 1.807) is 18.2 Å². The summed E-state index contributed by atoms with van der Waals surface area (Å²) < 4.78 is 22.6. The minimum absolute atomic E-state index is 0.0462. The molecule has 0 spiro atoms. The lowest BCUT2D eigenvalue weighted by atomic mass is 9.96. The van der Waals surface area contributed by atoms with Gasteiger partial charge in [-0.1, -0.05) is 35.9 Å². The lowest BCUT2D eigenvalue weighted by molar-refractivity contribution is 0.226. The van der Waals surface area contributed by atoms with Crippen molar-refractivity contribution in [2.24, 2.45) is 0 Å². The Kier molecular flexibility index (Phi) is 6.41. The normalized spacial score (nSPS) is 21.3. The minimum atomic E-state index is -0.542. The predicted octanol–water partition coefficient (Wildman–Crippen LogP) is 5.36. The van der Waals surface area contributed by atoms with Crippen molar-refractivity contribution in [1.29, 1.82) is 0 Å². The van der Waals surface area contributed by atoms with Crippen molar-refractivity contribution in [3.8, 4) is 22.9 Å². The van der Waals surface area contributed by atoms with Gasteiger partial charge in [-0.3, -0.25) is 4.90 Å². The second kappa shape index (κ2) is 10.1. The van der Waals surface area contributed by atoms with Crippen molar-refractivity contribution in [3.05, 3.63) is 53.3 Å². The Morgan fingerprint density at radius 2 is 1.79 bits per heavy atom. The summed E-state index contributed by atoms with van der Waals surface area (Å²) in [5, 5.41) is 16.5. The smallest absolute Gasteiger partial charge is 0.319 e. The number of phenolic OH excluding ortho intramolecular Hbond substituents is 1. The molecule has 7 rings (SSSR count). The number of hydrogen-bond acceptors (Lipinski definition) is 7. The third-order valence-electron chi connectivity index (χ3n) is 8.31. The molecule has 1 aromatic heterocycles. The van der Waals surface area contributed by atoms with Gasteiger partial charge in [-0.15, -0.1) is 0 Å². The van der Waals surface area contributed by atoms with Crippen LogP contribution in [-0.4, -0.2) is 71.4 Å². The predicted molar refractivity (Wildman–Crippen MR) is 152 cm³/mol. The van der Waals surface area contributed by atoms with Gasteiger partial charge >= 0.3 is 6.01 Å². The van der Waals surface area contributed by atoms with Gasteiger partial charge in [0.1, 0.15) is 23.7 Å². The van der Waals surface area contributed by atoms with Gasteiger partial charge in [0.2, 0.25) is 0 Å². The van der Waals surface area contributed by atoms with Gasteiger partial charge in [0.25, 0.3) is 0 Å². The molecule has 3 aliphatic heterocycles. The van der Waals surface area contributed by atoms with Gasteiger partial charge in [0.05, 0.1) is 5.02 Å². The molecule has 7 nitrogen and oxygen atoms in total. The molecule has 0 amide bonds. The SMILES string of the molecule is Oc1cc(-c2c(Cl)cc3c(N4CC5CCC(C4)N5)nc(OCCN4CCCC4)nc3c2F)c2ccccc2c1. The van der Waals surface area contributed by atoms with Crippen LogP contribution in [-0.2, 0) is 0 Å². The summed E-state index contributed by atoms with van der Waals surface area (Å²) in [5.74, 6) is 0.159. The molecule has 2 atom stereocenters. The molecule has 39 heavy (non-hydrogen) atoms. The van der Waals surface area contributed by atoms with E-state index in [0.29, 0.717) is 35.5 Å². The Labute approximate surface area is 231 Å². The second-order valence-corrected chi connectivity index (χ2v) is 11.3. The van der Waals surface area contributed by atoms with E-state index in [-0.39, 0.29) is 27.9 Å². The number of nitrogens with zero attached hydrogens (tertiary/aromatic N) is 4. The van der Waals surface area contributed by atoms with Gasteiger partial charge in [-0.2, -0.15) is 9.97 Å². The van der Waals surface area contributed by atoms with E-state index in [1.165, 1.54) is 12.8 Å². The Morgan fingerprint density at radius 1 is 1.03 bits per heavy atom. The molecule has 4 aromatic rings. The maximum Gasteiger partial charge on any atom is 0.319 e. The van der Waals surface area contributed by atoms with Gasteiger partial charge < -0.3 is 20.1 Å². The van der Waals surface area contributed by atoms with Crippen LogP contribution in [0.2, 0.25) is 5.02 Å². The summed E-state index contributed by atoms with van der Waals surface area (Å²) in [6.07, 6.45) is 4.65. The highest BCUT2D eigenvalue weighted by Gasteiger charge is 2.34. The summed E-state index contributed by atoms with van der Waals surface area (Å²) in [7, 11) is 0. The van der Waals surface area contributed by atoms with Crippen molar-refractivity contribution in [2.75, 3.05) is 44.2 Å². The summed E-state index contributed by atoms with van der Waals surface area (Å²) in [6.45, 7) is 4.95. The zero-order chi connectivity index (χ0) is 26.5. The summed E-state index contributed by atoms with van der Waals surface area (Å²) in [6, 6.07) is 13.5. The number of fused-ring (bicyclic) bond motifs is 4. The Morgan fingerprint density at radius 3 is 2.59 bits per heavy atom. The first-order chi connectivity index (χ1) is 19.0. The fourth-order valence-electron chi connectivity index (χ4n) is 6.46. The summed E-state index contributed by atoms with van der Waals surface area (Å²) in [5.41, 5.74) is 0.907. The topological polar surface area (TPSA) is 73.8 Å². The highest BCUT2D eigenvalue weighted by Crippen LogP contribution is 2.42. The van der Waals surface area contributed by atoms with Crippen molar-refractivity contribution in [1.82, 2.24) is 20.2 Å². The first-order valence-electron chi connectivity index (χ1n) is 13.8. The highest BCUT2D eigenvalue weighted by atomic mass is 35.5. The number of piperazine rings is 1. The van der Waals surface area contributed by atoms with Crippen molar-refractivity contribution in [2.45, 2.75) is 37.8 Å². The lowest BCUT2D eigenvalue weighted by Gasteiger charge is -2.34. The van der Waals surface area contributed by atoms with E-state index in [2.05, 4.69) is 20.1 Å². The molecular formula is C30H31ClFN5O2. The maximum absolute atomic E-state index is 16.6. The van der Waals surface area contributed by atoms with Crippen molar-refractivity contribution < 1.29 is 14.2 Å². The van der Waals surface area contributed by atoms with E-state index < -0.39 is 5.82 Å². The number of ether oxygens (including phenoxy) is 1. The van der Waals surface area contributed by atoms with E-state index >= 15 is 4.39 Å². The van der Waals surface area contributed by atoms with Crippen LogP contribution >= 0.6 is 11.6 Å². The number of aromatic nitrogens is 2. The van der Waals surface area contributed by atoms with Crippen LogP contribution in [0.1, 0.15) is 25.7 Å². The molecule has 2 unspecified atom stereocenters. The van der Waals surface area contributed by atoms with Crippen LogP contribution in [0.5, 0.6) is 11.8 Å². The highest BCUT2D eigenvalue weighted by molar-refractivity contribution is 6.35. The molecule has 3 fully saturated rings. The van der Waals surface area contributed by atoms with Crippen LogP contribution < -0.4 is 15.0 Å². The van der Waals surface area contributed by atoms with E-state index in [0.717, 1.165) is 56.3 Å². The number of benzene rings is 3. The van der Waals surface area contributed by atoms with Crippen LogP contribution in [0.25, 0.3) is 32.8 Å². The molecule has 9 heteroatoms. The second-order valence-electron chi connectivity index (χ2n) is 10.9. The van der Waals surface area contributed by atoms with Crippen molar-refractivity contribution in [3.63, 3.8) is 0 Å². The molecule has 0 aliphatic carbocycles. The third kappa shape index (κ3) is 4.64. The summed E-state index contributed by atoms with van der Waals surface area (Å²) >= 11 is 6.83. The summed E-state index contributed by atoms with van der Waals surface area (Å²) in [4.78, 5) is 14.0. The fourth-order valence-corrected chi connectivity index (χ4v) is 6.75. The molecule has 2 bridgehead atoms. The molecule has 3 aliphatic rings. The number of phenols is 1. The first-order valence-corrected chi connectivity index (χ1v) is 14.2. The number of halogens is 2. The largest absolute Gasteiger partial charge is 0.508 e. The van der Waals surface area contributed by atoms with Gasteiger partial charge in [0.15, 0.2) is 5.82 Å². The molecule has 3 aromatic carbocycles. The number of nitrogens with one attached hydrogen (secondary N) is 1. The quantitative estimate of drug-likeness (QED) is 0.336. The number of anilines is 1. The van der Waals surface area contributed by atoms with E-state index in [4.69, 9.17) is 21.3 Å². The molecule has 0 radical (unpaired) electrons. The Bertz CT molecular complexity index is 1550. The molecule has 2 N–H and O–H groups in total. The standard InChI is InChI=1S/C30H31ClFN5O2/c31-25-15-24-28(27(32)26(25)23-14-21(38)13-18-5-1-2-6-22(18)23)34-30(39-12-11-36-9-3-4-10-36)35-29(24)37-16-19-7-8-20(17-37)33-19/h1-2,5-6,13-15,19-20,33,38H,3-4,7-12,16-17H2. The minimum Gasteiger partial charge on any atom is -0.508 e. The van der Waals surface area contributed by atoms with Crippen LogP contribution in [0.15, 0.2) is 42.5 Å². The van der Waals surface area contributed by atoms with Gasteiger partial charge in [-0.05, 0) is 73.3 Å². The first kappa shape index (κ1) is 24.8. The average molecular weight is 548 g/mol.